The van der Waals surface area contributed by atoms with Crippen LogP contribution in [0.5, 0.6) is 5.88 Å². The maximum absolute atomic E-state index is 12.7. The molecule has 1 aromatic rings. The molecule has 0 aromatic carbocycles. The molecule has 0 amide bonds. The van der Waals surface area contributed by atoms with Crippen molar-refractivity contribution in [2.45, 2.75) is 30.9 Å². The molecule has 1 aromatic heterocycles. The van der Waals surface area contributed by atoms with Crippen molar-refractivity contribution in [2.24, 2.45) is 0 Å². The number of nitrogens with zero attached hydrogens (tertiary/aromatic N) is 2. The lowest BCUT2D eigenvalue weighted by Crippen LogP contribution is -2.41. The molecule has 0 saturated heterocycles. The van der Waals surface area contributed by atoms with Gasteiger partial charge in [0.05, 0.1) is 0 Å². The Balaban J connectivity index is 2.07. The van der Waals surface area contributed by atoms with E-state index in [-0.39, 0.29) is 17.6 Å². The van der Waals surface area contributed by atoms with Crippen molar-refractivity contribution in [3.63, 3.8) is 0 Å². The van der Waals surface area contributed by atoms with Gasteiger partial charge in [0.1, 0.15) is 11.6 Å². The number of hydrogen-bond donors (Lipinski definition) is 1. The number of anilines is 1. The van der Waals surface area contributed by atoms with Gasteiger partial charge in [0.2, 0.25) is 5.88 Å². The minimum Gasteiger partial charge on any atom is -0.471 e. The zero-order valence-corrected chi connectivity index (χ0v) is 9.55. The number of alkyl halides is 5. The van der Waals surface area contributed by atoms with Crippen molar-refractivity contribution in [1.29, 1.82) is 0 Å². The Morgan fingerprint density at radius 2 is 1.84 bits per heavy atom. The third-order valence-electron chi connectivity index (χ3n) is 2.50. The third-order valence-corrected chi connectivity index (χ3v) is 2.50. The number of hydrogen-bond acceptors (Lipinski definition) is 4. The second-order valence-electron chi connectivity index (χ2n) is 4.25. The molecule has 0 spiro atoms. The fourth-order valence-corrected chi connectivity index (χ4v) is 1.31. The average molecular weight is 283 g/mol. The van der Waals surface area contributed by atoms with Crippen molar-refractivity contribution in [3.05, 3.63) is 11.9 Å². The minimum atomic E-state index is -5.66. The lowest BCUT2D eigenvalue weighted by molar-refractivity contribution is -0.290. The predicted octanol–water partition coefficient (Wildman–Crippen LogP) is 2.51. The summed E-state index contributed by atoms with van der Waals surface area (Å²) in [5, 5.41) is 0. The van der Waals surface area contributed by atoms with Gasteiger partial charge in [0.15, 0.2) is 6.61 Å². The molecular weight excluding hydrogens is 273 g/mol. The highest BCUT2D eigenvalue weighted by atomic mass is 19.4. The van der Waals surface area contributed by atoms with Gasteiger partial charge in [-0.3, -0.25) is 0 Å². The van der Waals surface area contributed by atoms with Crippen molar-refractivity contribution in [1.82, 2.24) is 9.97 Å². The molecule has 0 unspecified atom stereocenters. The van der Waals surface area contributed by atoms with Crippen LogP contribution in [0.4, 0.5) is 27.8 Å². The lowest BCUT2D eigenvalue weighted by atomic mass is 10.3. The Hall–Kier alpha value is -1.67. The van der Waals surface area contributed by atoms with Crippen LogP contribution in [0, 0.1) is 0 Å². The molecule has 1 aliphatic carbocycles. The monoisotopic (exact) mass is 283 g/mol. The van der Waals surface area contributed by atoms with Gasteiger partial charge in [-0.25, -0.2) is 4.98 Å². The average Bonchev–Trinajstić information content (AvgIpc) is 3.08. The van der Waals surface area contributed by atoms with E-state index in [1.165, 1.54) is 0 Å². The molecule has 0 aliphatic heterocycles. The summed E-state index contributed by atoms with van der Waals surface area (Å²) in [4.78, 5) is 7.63. The van der Waals surface area contributed by atoms with E-state index in [1.807, 2.05) is 0 Å². The van der Waals surface area contributed by atoms with E-state index >= 15 is 0 Å². The van der Waals surface area contributed by atoms with E-state index in [2.05, 4.69) is 14.7 Å². The van der Waals surface area contributed by atoms with Crippen LogP contribution in [-0.2, 0) is 0 Å². The molecule has 106 valence electrons. The normalized spacial score (nSPS) is 16.5. The number of nitrogens with two attached hydrogens (primary N) is 1. The molecule has 0 atom stereocenters. The van der Waals surface area contributed by atoms with Crippen LogP contribution in [0.1, 0.15) is 24.6 Å². The molecule has 9 heteroatoms. The second-order valence-corrected chi connectivity index (χ2v) is 4.25. The topological polar surface area (TPSA) is 61.0 Å². The fourth-order valence-electron chi connectivity index (χ4n) is 1.31. The van der Waals surface area contributed by atoms with Gasteiger partial charge in [0.25, 0.3) is 0 Å². The standard InChI is InChI=1S/C10H10F5N3O/c11-9(12,10(13,14)15)4-19-7-3-6(16)17-8(18-7)5-1-2-5/h3,5H,1-2,4H2,(H2,16,17,18). The number of nitrogen functional groups attached to an aromatic ring is 1. The second kappa shape index (κ2) is 4.46. The molecule has 1 saturated carbocycles. The minimum absolute atomic E-state index is 0.0257. The molecule has 0 bridgehead atoms. The van der Waals surface area contributed by atoms with Crippen molar-refractivity contribution in [2.75, 3.05) is 12.3 Å². The highest BCUT2D eigenvalue weighted by molar-refractivity contribution is 5.34. The molecule has 2 N–H and O–H groups in total. The van der Waals surface area contributed by atoms with Gasteiger partial charge < -0.3 is 10.5 Å². The van der Waals surface area contributed by atoms with Crippen LogP contribution < -0.4 is 10.5 Å². The summed E-state index contributed by atoms with van der Waals surface area (Å²) in [5.41, 5.74) is 5.41. The number of aromatic nitrogens is 2. The SMILES string of the molecule is Nc1cc(OCC(F)(F)C(F)(F)F)nc(C2CC2)n1. The smallest absolute Gasteiger partial charge is 0.456 e. The summed E-state index contributed by atoms with van der Waals surface area (Å²) in [7, 11) is 0. The Morgan fingerprint density at radius 3 is 2.37 bits per heavy atom. The van der Waals surface area contributed by atoms with Gasteiger partial charge in [-0.1, -0.05) is 0 Å². The molecule has 1 aliphatic rings. The van der Waals surface area contributed by atoms with Gasteiger partial charge >= 0.3 is 12.1 Å². The quantitative estimate of drug-likeness (QED) is 0.862. The van der Waals surface area contributed by atoms with Crippen molar-refractivity contribution < 1.29 is 26.7 Å². The molecular formula is C10H10F5N3O. The third kappa shape index (κ3) is 3.21. The van der Waals surface area contributed by atoms with Gasteiger partial charge in [-0.2, -0.15) is 26.9 Å². The summed E-state index contributed by atoms with van der Waals surface area (Å²) in [6.45, 7) is -1.84. The maximum atomic E-state index is 12.7. The molecule has 0 radical (unpaired) electrons. The van der Waals surface area contributed by atoms with Crippen LogP contribution >= 0.6 is 0 Å². The summed E-state index contributed by atoms with van der Waals surface area (Å²) in [6.07, 6.45) is -3.99. The zero-order chi connectivity index (χ0) is 14.3. The molecule has 2 rings (SSSR count). The Morgan fingerprint density at radius 1 is 1.21 bits per heavy atom. The maximum Gasteiger partial charge on any atom is 0.456 e. The van der Waals surface area contributed by atoms with E-state index in [0.29, 0.717) is 5.82 Å². The Labute approximate surface area is 104 Å². The van der Waals surface area contributed by atoms with E-state index < -0.39 is 18.7 Å². The van der Waals surface area contributed by atoms with Crippen molar-refractivity contribution in [3.8, 4) is 5.88 Å². The first-order chi connectivity index (χ1) is 8.69. The molecule has 1 fully saturated rings. The number of ether oxygens (including phenoxy) is 1. The highest BCUT2D eigenvalue weighted by Gasteiger charge is 2.58. The molecule has 1 heterocycles. The fraction of sp³-hybridized carbons (Fsp3) is 0.600. The Kier molecular flexibility index (Phi) is 3.23. The predicted molar refractivity (Wildman–Crippen MR) is 54.9 cm³/mol. The van der Waals surface area contributed by atoms with Crippen LogP contribution in [0.2, 0.25) is 0 Å². The first kappa shape index (κ1) is 13.8. The van der Waals surface area contributed by atoms with Crippen LogP contribution in [0.3, 0.4) is 0 Å². The van der Waals surface area contributed by atoms with E-state index in [4.69, 9.17) is 5.73 Å². The first-order valence-electron chi connectivity index (χ1n) is 5.41. The lowest BCUT2D eigenvalue weighted by Gasteiger charge is -2.19. The van der Waals surface area contributed by atoms with Crippen LogP contribution in [0.15, 0.2) is 6.07 Å². The Bertz CT molecular complexity index is 473. The molecule has 19 heavy (non-hydrogen) atoms. The van der Waals surface area contributed by atoms with Crippen LogP contribution in [0.25, 0.3) is 0 Å². The highest BCUT2D eigenvalue weighted by Crippen LogP contribution is 2.39. The van der Waals surface area contributed by atoms with E-state index in [1.54, 1.807) is 0 Å². The van der Waals surface area contributed by atoms with Crippen LogP contribution in [-0.4, -0.2) is 28.7 Å². The zero-order valence-electron chi connectivity index (χ0n) is 9.55. The van der Waals surface area contributed by atoms with Gasteiger partial charge in [0, 0.05) is 12.0 Å². The first-order valence-corrected chi connectivity index (χ1v) is 5.41. The summed E-state index contributed by atoms with van der Waals surface area (Å²) < 4.78 is 65.6. The van der Waals surface area contributed by atoms with Crippen molar-refractivity contribution >= 4 is 5.82 Å². The molecule has 4 nitrogen and oxygen atoms in total. The number of rotatable bonds is 4. The van der Waals surface area contributed by atoms with Gasteiger partial charge in [-0.05, 0) is 12.8 Å². The summed E-state index contributed by atoms with van der Waals surface area (Å²) >= 11 is 0. The van der Waals surface area contributed by atoms with E-state index in [0.717, 1.165) is 18.9 Å². The largest absolute Gasteiger partial charge is 0.471 e. The number of halogens is 5. The summed E-state index contributed by atoms with van der Waals surface area (Å²) in [5.74, 6) is -4.95. The summed E-state index contributed by atoms with van der Waals surface area (Å²) in [6, 6.07) is 1.01. The van der Waals surface area contributed by atoms with E-state index in [9.17, 15) is 22.0 Å². The van der Waals surface area contributed by atoms with Gasteiger partial charge in [-0.15, -0.1) is 0 Å².